The summed E-state index contributed by atoms with van der Waals surface area (Å²) in [6, 6.07) is 0.303. The predicted molar refractivity (Wildman–Crippen MR) is 64.2 cm³/mol. The Kier molecular flexibility index (Phi) is 2.79. The summed E-state index contributed by atoms with van der Waals surface area (Å²) >= 11 is 0. The number of carbonyl (C=O) groups excluding carboxylic acids is 1. The number of carboxylic acids is 1. The van der Waals surface area contributed by atoms with Gasteiger partial charge in [-0.25, -0.2) is 0 Å². The largest absolute Gasteiger partial charge is 0.481 e. The highest BCUT2D eigenvalue weighted by Gasteiger charge is 2.48. The highest BCUT2D eigenvalue weighted by Crippen LogP contribution is 2.31. The lowest BCUT2D eigenvalue weighted by atomic mass is 9.85. The number of nitrogens with zero attached hydrogens (tertiary/aromatic N) is 2. The van der Waals surface area contributed by atoms with Gasteiger partial charge in [0.15, 0.2) is 0 Å². The number of hydrogen-bond donors (Lipinski definition) is 2. The lowest BCUT2D eigenvalue weighted by Gasteiger charge is -2.53. The molecule has 1 amide bonds. The lowest BCUT2D eigenvalue weighted by Crippen LogP contribution is -2.73. The van der Waals surface area contributed by atoms with Gasteiger partial charge in [-0.05, 0) is 6.42 Å². The number of hydrogen-bond acceptors (Lipinski definition) is 4. The van der Waals surface area contributed by atoms with Crippen molar-refractivity contribution < 1.29 is 14.7 Å². The molecule has 2 N–H and O–H groups in total. The minimum Gasteiger partial charge on any atom is -0.481 e. The molecule has 1 unspecified atom stereocenters. The van der Waals surface area contributed by atoms with Gasteiger partial charge in [-0.2, -0.15) is 0 Å². The molecule has 1 atom stereocenters. The quantitative estimate of drug-likeness (QED) is 0.682. The number of carboxylic acid groups (broad SMARTS) is 1. The van der Waals surface area contributed by atoms with Crippen LogP contribution >= 0.6 is 0 Å². The van der Waals surface area contributed by atoms with Crippen LogP contribution in [0.2, 0.25) is 0 Å². The van der Waals surface area contributed by atoms with Gasteiger partial charge in [0.05, 0.1) is 12.0 Å². The first kappa shape index (κ1) is 11.9. The molecule has 0 bridgehead atoms. The molecule has 0 spiro atoms. The van der Waals surface area contributed by atoms with E-state index in [2.05, 4.69) is 10.2 Å². The molecule has 6 heteroatoms. The van der Waals surface area contributed by atoms with Crippen LogP contribution in [0.4, 0.5) is 0 Å². The molecule has 3 aliphatic heterocycles. The average molecular weight is 253 g/mol. The first-order valence-electron chi connectivity index (χ1n) is 6.58. The molecule has 100 valence electrons. The van der Waals surface area contributed by atoms with Crippen molar-refractivity contribution >= 4 is 11.9 Å². The Morgan fingerprint density at radius 2 is 2.22 bits per heavy atom. The van der Waals surface area contributed by atoms with E-state index < -0.39 is 5.97 Å². The summed E-state index contributed by atoms with van der Waals surface area (Å²) in [5, 5.41) is 12.2. The maximum Gasteiger partial charge on any atom is 0.305 e. The number of carbonyl (C=O) groups is 2. The summed E-state index contributed by atoms with van der Waals surface area (Å²) in [4.78, 5) is 26.9. The second-order valence-electron chi connectivity index (χ2n) is 5.62. The Bertz CT molecular complexity index is 381. The molecular formula is C12H19N3O3. The molecule has 3 heterocycles. The molecule has 0 aromatic carbocycles. The van der Waals surface area contributed by atoms with Crippen LogP contribution in [0.1, 0.15) is 19.3 Å². The molecule has 6 nitrogen and oxygen atoms in total. The highest BCUT2D eigenvalue weighted by atomic mass is 16.4. The van der Waals surface area contributed by atoms with Crippen LogP contribution in [0.5, 0.6) is 0 Å². The van der Waals surface area contributed by atoms with E-state index in [9.17, 15) is 9.59 Å². The van der Waals surface area contributed by atoms with E-state index >= 15 is 0 Å². The molecule has 3 aliphatic rings. The van der Waals surface area contributed by atoms with Crippen molar-refractivity contribution in [2.24, 2.45) is 0 Å². The molecule has 3 rings (SSSR count). The van der Waals surface area contributed by atoms with Gasteiger partial charge < -0.3 is 15.3 Å². The van der Waals surface area contributed by atoms with Crippen molar-refractivity contribution in [1.82, 2.24) is 15.1 Å². The van der Waals surface area contributed by atoms with E-state index in [4.69, 9.17) is 5.11 Å². The Morgan fingerprint density at radius 3 is 2.83 bits per heavy atom. The number of amides is 1. The zero-order valence-electron chi connectivity index (χ0n) is 10.4. The van der Waals surface area contributed by atoms with Crippen LogP contribution in [0.15, 0.2) is 0 Å². The van der Waals surface area contributed by atoms with Gasteiger partial charge in [-0.15, -0.1) is 0 Å². The standard InChI is InChI=1S/C12H19N3O3/c16-10-2-1-9-6-14(3-4-15(9)10)12(5-11(17)18)7-13-8-12/h9,13H,1-8H2,(H,17,18). The minimum absolute atomic E-state index is 0.195. The normalized spacial score (nSPS) is 31.0. The molecule has 3 saturated heterocycles. The Balaban J connectivity index is 1.70. The monoisotopic (exact) mass is 253 g/mol. The fourth-order valence-corrected chi connectivity index (χ4v) is 3.45. The Labute approximate surface area is 106 Å². The number of piperazine rings is 1. The number of aliphatic carboxylic acids is 1. The summed E-state index contributed by atoms with van der Waals surface area (Å²) in [6.07, 6.45) is 1.77. The molecular weight excluding hydrogens is 234 g/mol. The van der Waals surface area contributed by atoms with Crippen LogP contribution in [0, 0.1) is 0 Å². The van der Waals surface area contributed by atoms with Crippen LogP contribution < -0.4 is 5.32 Å². The topological polar surface area (TPSA) is 72.9 Å². The van der Waals surface area contributed by atoms with Gasteiger partial charge in [0.2, 0.25) is 5.91 Å². The van der Waals surface area contributed by atoms with Crippen molar-refractivity contribution in [3.05, 3.63) is 0 Å². The molecule has 18 heavy (non-hydrogen) atoms. The number of fused-ring (bicyclic) bond motifs is 1. The van der Waals surface area contributed by atoms with E-state index in [1.165, 1.54) is 0 Å². The van der Waals surface area contributed by atoms with Gasteiger partial charge in [0.1, 0.15) is 0 Å². The summed E-state index contributed by atoms with van der Waals surface area (Å²) < 4.78 is 0. The smallest absolute Gasteiger partial charge is 0.305 e. The highest BCUT2D eigenvalue weighted by molar-refractivity contribution is 5.79. The third kappa shape index (κ3) is 1.80. The summed E-state index contributed by atoms with van der Waals surface area (Å²) in [5.41, 5.74) is -0.219. The van der Waals surface area contributed by atoms with Crippen LogP contribution in [-0.4, -0.2) is 71.1 Å². The van der Waals surface area contributed by atoms with E-state index in [0.717, 1.165) is 39.1 Å². The first-order valence-corrected chi connectivity index (χ1v) is 6.58. The van der Waals surface area contributed by atoms with E-state index in [0.29, 0.717) is 12.5 Å². The van der Waals surface area contributed by atoms with Crippen molar-refractivity contribution in [3.63, 3.8) is 0 Å². The van der Waals surface area contributed by atoms with Gasteiger partial charge in [-0.1, -0.05) is 0 Å². The van der Waals surface area contributed by atoms with Gasteiger partial charge in [0.25, 0.3) is 0 Å². The van der Waals surface area contributed by atoms with Crippen LogP contribution in [0.25, 0.3) is 0 Å². The van der Waals surface area contributed by atoms with Crippen molar-refractivity contribution in [2.75, 3.05) is 32.7 Å². The zero-order valence-corrected chi connectivity index (χ0v) is 10.4. The Hall–Kier alpha value is -1.14. The molecule has 0 aliphatic carbocycles. The maximum absolute atomic E-state index is 11.6. The molecule has 3 fully saturated rings. The van der Waals surface area contributed by atoms with Crippen molar-refractivity contribution in [3.8, 4) is 0 Å². The third-order valence-corrected chi connectivity index (χ3v) is 4.55. The lowest BCUT2D eigenvalue weighted by molar-refractivity contribution is -0.144. The van der Waals surface area contributed by atoms with E-state index in [-0.39, 0.29) is 17.9 Å². The second kappa shape index (κ2) is 4.20. The maximum atomic E-state index is 11.6. The predicted octanol–water partition coefficient (Wildman–Crippen LogP) is -0.890. The second-order valence-corrected chi connectivity index (χ2v) is 5.62. The third-order valence-electron chi connectivity index (χ3n) is 4.55. The zero-order chi connectivity index (χ0) is 12.8. The van der Waals surface area contributed by atoms with E-state index in [1.807, 2.05) is 4.90 Å². The van der Waals surface area contributed by atoms with Gasteiger partial charge in [0, 0.05) is 45.2 Å². The Morgan fingerprint density at radius 1 is 1.44 bits per heavy atom. The fourth-order valence-electron chi connectivity index (χ4n) is 3.45. The fraction of sp³-hybridized carbons (Fsp3) is 0.833. The van der Waals surface area contributed by atoms with Crippen molar-refractivity contribution in [2.45, 2.75) is 30.8 Å². The van der Waals surface area contributed by atoms with E-state index in [1.54, 1.807) is 0 Å². The molecule has 0 aromatic rings. The number of rotatable bonds is 3. The van der Waals surface area contributed by atoms with Gasteiger partial charge in [-0.3, -0.25) is 14.5 Å². The first-order chi connectivity index (χ1) is 8.61. The van der Waals surface area contributed by atoms with Crippen LogP contribution in [0.3, 0.4) is 0 Å². The van der Waals surface area contributed by atoms with Gasteiger partial charge >= 0.3 is 5.97 Å². The summed E-state index contributed by atoms with van der Waals surface area (Å²) in [5.74, 6) is -0.472. The SMILES string of the molecule is O=C(O)CC1(N2CCN3C(=O)CCC3C2)CNC1. The van der Waals surface area contributed by atoms with Crippen molar-refractivity contribution in [1.29, 1.82) is 0 Å². The van der Waals surface area contributed by atoms with Crippen LogP contribution in [-0.2, 0) is 9.59 Å². The molecule has 0 saturated carbocycles. The summed E-state index contributed by atoms with van der Waals surface area (Å²) in [7, 11) is 0. The summed E-state index contributed by atoms with van der Waals surface area (Å²) in [6.45, 7) is 3.89. The molecule has 0 aromatic heterocycles. The molecule has 0 radical (unpaired) electrons. The average Bonchev–Trinajstić information content (AvgIpc) is 2.65. The number of nitrogens with one attached hydrogen (secondary N) is 1. The minimum atomic E-state index is -0.735.